The number of aliphatic carboxylic acids is 1. The van der Waals surface area contributed by atoms with Crippen molar-refractivity contribution in [2.45, 2.75) is 32.5 Å². The molecule has 5 rings (SSSR count). The highest BCUT2D eigenvalue weighted by Crippen LogP contribution is 2.46. The molecule has 2 aromatic carbocycles. The third-order valence-corrected chi connectivity index (χ3v) is 6.69. The van der Waals surface area contributed by atoms with Gasteiger partial charge in [0, 0.05) is 23.3 Å². The molecule has 11 nitrogen and oxygen atoms in total. The molecule has 2 N–H and O–H groups in total. The minimum atomic E-state index is -2.97. The van der Waals surface area contributed by atoms with Crippen molar-refractivity contribution in [3.8, 4) is 17.4 Å². The summed E-state index contributed by atoms with van der Waals surface area (Å²) in [5.41, 5.74) is -1.57. The van der Waals surface area contributed by atoms with Crippen LogP contribution in [0.1, 0.15) is 18.4 Å². The molecule has 4 aromatic rings. The van der Waals surface area contributed by atoms with Crippen molar-refractivity contribution in [3.05, 3.63) is 98.4 Å². The maximum atomic E-state index is 13.5. The van der Waals surface area contributed by atoms with Gasteiger partial charge in [0.1, 0.15) is 11.5 Å². The van der Waals surface area contributed by atoms with Crippen molar-refractivity contribution in [2.75, 3.05) is 5.32 Å². The third-order valence-electron chi connectivity index (χ3n) is 6.44. The lowest BCUT2D eigenvalue weighted by Gasteiger charge is -2.17. The number of carboxylic acid groups (broad SMARTS) is 1. The molecule has 0 unspecified atom stereocenters. The maximum absolute atomic E-state index is 13.5. The number of alkyl halides is 2. The van der Waals surface area contributed by atoms with Gasteiger partial charge in [-0.1, -0.05) is 23.7 Å². The monoisotopic (exact) mass is 585 g/mol. The van der Waals surface area contributed by atoms with Crippen LogP contribution in [0, 0.1) is 5.41 Å². The first-order chi connectivity index (χ1) is 19.6. The number of benzene rings is 2. The summed E-state index contributed by atoms with van der Waals surface area (Å²) < 4.78 is 36.6. The highest BCUT2D eigenvalue weighted by atomic mass is 35.5. The van der Waals surface area contributed by atoms with Gasteiger partial charge in [-0.25, -0.2) is 19.1 Å². The van der Waals surface area contributed by atoms with E-state index in [4.69, 9.17) is 16.3 Å². The fraction of sp³-hybridized carbons (Fsp3) is 0.222. The molecule has 14 heteroatoms. The molecule has 0 radical (unpaired) electrons. The number of hydrogen-bond acceptors (Lipinski definition) is 8. The van der Waals surface area contributed by atoms with E-state index in [0.717, 1.165) is 10.8 Å². The van der Waals surface area contributed by atoms with Gasteiger partial charge in [0.05, 0.1) is 18.2 Å². The molecule has 0 saturated heterocycles. The van der Waals surface area contributed by atoms with Gasteiger partial charge in [0.15, 0.2) is 0 Å². The molecule has 1 aliphatic carbocycles. The summed E-state index contributed by atoms with van der Waals surface area (Å²) >= 11 is 5.99. The Morgan fingerprint density at radius 3 is 2.29 bits per heavy atom. The van der Waals surface area contributed by atoms with Crippen molar-refractivity contribution in [1.29, 1.82) is 0 Å². The van der Waals surface area contributed by atoms with Crippen molar-refractivity contribution in [1.82, 2.24) is 19.1 Å². The van der Waals surface area contributed by atoms with Crippen molar-refractivity contribution in [2.24, 2.45) is 5.41 Å². The quantitative estimate of drug-likeness (QED) is 0.260. The molecule has 0 aliphatic heterocycles. The van der Waals surface area contributed by atoms with E-state index >= 15 is 0 Å². The predicted molar refractivity (Wildman–Crippen MR) is 143 cm³/mol. The molecule has 1 saturated carbocycles. The number of anilines is 2. The fourth-order valence-corrected chi connectivity index (χ4v) is 4.15. The van der Waals surface area contributed by atoms with Crippen LogP contribution >= 0.6 is 11.6 Å². The molecule has 1 fully saturated rings. The molecule has 41 heavy (non-hydrogen) atoms. The van der Waals surface area contributed by atoms with Gasteiger partial charge in [0.2, 0.25) is 11.8 Å². The van der Waals surface area contributed by atoms with Crippen molar-refractivity contribution in [3.63, 3.8) is 0 Å². The molecular formula is C27H22ClF2N5O6. The van der Waals surface area contributed by atoms with Gasteiger partial charge in [-0.15, -0.1) is 0 Å². The van der Waals surface area contributed by atoms with Crippen LogP contribution < -0.4 is 26.2 Å². The third kappa shape index (κ3) is 6.52. The van der Waals surface area contributed by atoms with E-state index in [1.165, 1.54) is 16.7 Å². The molecule has 1 aliphatic rings. The minimum absolute atomic E-state index is 0.0316. The lowest BCUT2D eigenvalue weighted by Crippen LogP contribution is -2.45. The number of halogens is 3. The van der Waals surface area contributed by atoms with Crippen LogP contribution in [0.25, 0.3) is 0 Å². The number of rotatable bonds is 11. The first-order valence-corrected chi connectivity index (χ1v) is 12.6. The molecular weight excluding hydrogens is 564 g/mol. The highest BCUT2D eigenvalue weighted by molar-refractivity contribution is 6.30. The summed E-state index contributed by atoms with van der Waals surface area (Å²) in [6.45, 7) is -3.21. The number of ether oxygens (including phenoxy) is 2. The highest BCUT2D eigenvalue weighted by Gasteiger charge is 2.51. The average molecular weight is 586 g/mol. The number of carbonyl (C=O) groups is 1. The van der Waals surface area contributed by atoms with E-state index in [1.807, 2.05) is 0 Å². The average Bonchev–Trinajstić information content (AvgIpc) is 3.73. The van der Waals surface area contributed by atoms with Crippen LogP contribution in [-0.4, -0.2) is 36.8 Å². The molecule has 2 aromatic heterocycles. The number of hydrogen-bond donors (Lipinski definition) is 2. The van der Waals surface area contributed by atoms with E-state index in [9.17, 15) is 28.3 Å². The number of aromatic nitrogens is 4. The fourth-order valence-electron chi connectivity index (χ4n) is 4.02. The summed E-state index contributed by atoms with van der Waals surface area (Å²) in [5, 5.41) is 13.0. The Morgan fingerprint density at radius 2 is 1.71 bits per heavy atom. The zero-order valence-electron chi connectivity index (χ0n) is 21.2. The molecule has 212 valence electrons. The van der Waals surface area contributed by atoms with Crippen LogP contribution in [0.5, 0.6) is 17.4 Å². The Bertz CT molecular complexity index is 1670. The smallest absolute Gasteiger partial charge is 0.387 e. The van der Waals surface area contributed by atoms with Crippen LogP contribution in [0.2, 0.25) is 5.02 Å². The van der Waals surface area contributed by atoms with Crippen molar-refractivity contribution < 1.29 is 28.2 Å². The zero-order chi connectivity index (χ0) is 29.1. The summed E-state index contributed by atoms with van der Waals surface area (Å²) in [6, 6.07) is 15.8. The summed E-state index contributed by atoms with van der Waals surface area (Å²) in [4.78, 5) is 46.1. The molecule has 0 amide bonds. The minimum Gasteiger partial charge on any atom is -0.481 e. The Hall–Kier alpha value is -4.78. The van der Waals surface area contributed by atoms with E-state index in [1.54, 1.807) is 48.5 Å². The number of nitrogens with one attached hydrogen (secondary N) is 1. The SMILES string of the molecule is O=C(O)C1(Cn2c(=O)nc(Nc3ccc(Oc4ccc(OC(F)F)cn4)cc3)n(Cc3ccc(Cl)cc3)c2=O)CC1. The topological polar surface area (TPSA) is 138 Å². The van der Waals surface area contributed by atoms with Gasteiger partial charge in [-0.2, -0.15) is 13.8 Å². The summed E-state index contributed by atoms with van der Waals surface area (Å²) in [6.07, 6.45) is 1.83. The Labute approximate surface area is 235 Å². The molecule has 2 heterocycles. The molecule has 0 atom stereocenters. The largest absolute Gasteiger partial charge is 0.481 e. The summed E-state index contributed by atoms with van der Waals surface area (Å²) in [7, 11) is 0. The van der Waals surface area contributed by atoms with E-state index in [2.05, 4.69) is 20.0 Å². The number of nitrogens with zero attached hydrogens (tertiary/aromatic N) is 4. The Morgan fingerprint density at radius 1 is 1.02 bits per heavy atom. The van der Waals surface area contributed by atoms with Gasteiger partial charge in [0.25, 0.3) is 0 Å². The Balaban J connectivity index is 1.40. The van der Waals surface area contributed by atoms with Gasteiger partial charge in [-0.3, -0.25) is 9.36 Å². The lowest BCUT2D eigenvalue weighted by atomic mass is 10.1. The van der Waals surface area contributed by atoms with E-state index < -0.39 is 29.4 Å². The predicted octanol–water partition coefficient (Wildman–Crippen LogP) is 4.50. The molecule has 0 bridgehead atoms. The van der Waals surface area contributed by atoms with Gasteiger partial charge < -0.3 is 19.9 Å². The number of pyridine rings is 1. The van der Waals surface area contributed by atoms with Crippen LogP contribution in [0.4, 0.5) is 20.4 Å². The van der Waals surface area contributed by atoms with Crippen LogP contribution in [0.3, 0.4) is 0 Å². The second-order valence-electron chi connectivity index (χ2n) is 9.35. The van der Waals surface area contributed by atoms with E-state index in [0.29, 0.717) is 34.9 Å². The summed E-state index contributed by atoms with van der Waals surface area (Å²) in [5.74, 6) is -0.706. The number of carboxylic acids is 1. The first kappa shape index (κ1) is 27.8. The normalized spacial score (nSPS) is 13.6. The first-order valence-electron chi connectivity index (χ1n) is 12.3. The maximum Gasteiger partial charge on any atom is 0.387 e. The molecule has 0 spiro atoms. The van der Waals surface area contributed by atoms with Crippen LogP contribution in [0.15, 0.2) is 76.4 Å². The second kappa shape index (κ2) is 11.4. The van der Waals surface area contributed by atoms with Crippen molar-refractivity contribution >= 4 is 29.2 Å². The van der Waals surface area contributed by atoms with Crippen LogP contribution in [-0.2, 0) is 17.9 Å². The lowest BCUT2D eigenvalue weighted by molar-refractivity contribution is -0.144. The van der Waals surface area contributed by atoms with Gasteiger partial charge >= 0.3 is 24.0 Å². The van der Waals surface area contributed by atoms with E-state index in [-0.39, 0.29) is 30.7 Å². The Kier molecular flexibility index (Phi) is 7.70. The standard InChI is InChI=1S/C27H22ClF2N5O6/c28-17-3-1-16(2-4-17)14-34-24(33-25(38)35(26(34)39)15-27(11-12-27)22(36)37)32-18-5-7-19(8-6-18)40-21-10-9-20(13-31-21)41-23(29)30/h1-10,13,23H,11-12,14-15H2,(H,36,37)(H,32,33,38). The zero-order valence-corrected chi connectivity index (χ0v) is 21.9. The van der Waals surface area contributed by atoms with Gasteiger partial charge in [-0.05, 0) is 60.9 Å². The second-order valence-corrected chi connectivity index (χ2v) is 9.78.